The lowest BCUT2D eigenvalue weighted by Crippen LogP contribution is -2.17. The van der Waals surface area contributed by atoms with E-state index in [1.807, 2.05) is 0 Å². The van der Waals surface area contributed by atoms with Gasteiger partial charge in [0.15, 0.2) is 0 Å². The van der Waals surface area contributed by atoms with E-state index in [0.717, 1.165) is 6.07 Å². The second-order valence-electron chi connectivity index (χ2n) is 4.52. The summed E-state index contributed by atoms with van der Waals surface area (Å²) in [7, 11) is 0. The number of alkyl halides is 3. The van der Waals surface area contributed by atoms with Gasteiger partial charge in [0.25, 0.3) is 5.91 Å². The number of hydrogen-bond donors (Lipinski definition) is 2. The molecule has 110 valence electrons. The Morgan fingerprint density at radius 3 is 2.43 bits per heavy atom. The smallest absolute Gasteiger partial charge is 0.398 e. The molecule has 1 amide bonds. The third-order valence-corrected chi connectivity index (χ3v) is 3.10. The highest BCUT2D eigenvalue weighted by molar-refractivity contribution is 6.06. The predicted molar refractivity (Wildman–Crippen MR) is 75.0 cm³/mol. The molecule has 0 spiro atoms. The number of carbonyl (C=O) groups is 1. The Kier molecular flexibility index (Phi) is 3.88. The molecule has 0 aliphatic carbocycles. The summed E-state index contributed by atoms with van der Waals surface area (Å²) in [5.41, 5.74) is 5.70. The Morgan fingerprint density at radius 2 is 1.76 bits per heavy atom. The zero-order valence-corrected chi connectivity index (χ0v) is 11.2. The minimum absolute atomic E-state index is 0.243. The number of carbonyl (C=O) groups excluding carboxylic acids is 1. The van der Waals surface area contributed by atoms with Gasteiger partial charge in [0.2, 0.25) is 0 Å². The summed E-state index contributed by atoms with van der Waals surface area (Å²) in [6.45, 7) is 1.64. The van der Waals surface area contributed by atoms with Crippen molar-refractivity contribution in [2.24, 2.45) is 0 Å². The van der Waals surface area contributed by atoms with Crippen LogP contribution in [0.3, 0.4) is 0 Å². The SMILES string of the molecule is Cc1c(N)cccc1C(=O)Nc1ccccc1C(F)(F)F. The summed E-state index contributed by atoms with van der Waals surface area (Å²) >= 11 is 0. The van der Waals surface area contributed by atoms with E-state index < -0.39 is 17.6 Å². The Labute approximate surface area is 119 Å². The third-order valence-electron chi connectivity index (χ3n) is 3.10. The van der Waals surface area contributed by atoms with Gasteiger partial charge in [-0.3, -0.25) is 4.79 Å². The van der Waals surface area contributed by atoms with Gasteiger partial charge in [-0.2, -0.15) is 13.2 Å². The first-order chi connectivity index (χ1) is 9.80. The molecule has 0 unspecified atom stereocenters. The van der Waals surface area contributed by atoms with Crippen molar-refractivity contribution in [2.45, 2.75) is 13.1 Å². The van der Waals surface area contributed by atoms with E-state index in [9.17, 15) is 18.0 Å². The number of nitrogens with two attached hydrogens (primary N) is 1. The zero-order chi connectivity index (χ0) is 15.6. The van der Waals surface area contributed by atoms with Crippen LogP contribution in [-0.4, -0.2) is 5.91 Å². The quantitative estimate of drug-likeness (QED) is 0.827. The highest BCUT2D eigenvalue weighted by Gasteiger charge is 2.33. The van der Waals surface area contributed by atoms with Gasteiger partial charge < -0.3 is 11.1 Å². The number of amides is 1. The largest absolute Gasteiger partial charge is 0.418 e. The van der Waals surface area contributed by atoms with Crippen molar-refractivity contribution < 1.29 is 18.0 Å². The maximum atomic E-state index is 12.9. The Bertz CT molecular complexity index is 681. The van der Waals surface area contributed by atoms with Gasteiger partial charge in [0.05, 0.1) is 11.3 Å². The van der Waals surface area contributed by atoms with Crippen LogP contribution in [-0.2, 0) is 6.18 Å². The minimum Gasteiger partial charge on any atom is -0.398 e. The second-order valence-corrected chi connectivity index (χ2v) is 4.52. The van der Waals surface area contributed by atoms with Crippen LogP contribution in [0.15, 0.2) is 42.5 Å². The van der Waals surface area contributed by atoms with Crippen molar-refractivity contribution in [3.8, 4) is 0 Å². The molecule has 0 radical (unpaired) electrons. The molecule has 0 atom stereocenters. The number of benzene rings is 2. The average molecular weight is 294 g/mol. The summed E-state index contributed by atoms with van der Waals surface area (Å²) in [6, 6.07) is 9.53. The van der Waals surface area contributed by atoms with Crippen LogP contribution < -0.4 is 11.1 Å². The Balaban J connectivity index is 2.35. The fraction of sp³-hybridized carbons (Fsp3) is 0.133. The maximum absolute atomic E-state index is 12.9. The van der Waals surface area contributed by atoms with E-state index >= 15 is 0 Å². The lowest BCUT2D eigenvalue weighted by molar-refractivity contribution is -0.136. The van der Waals surface area contributed by atoms with Gasteiger partial charge in [0, 0.05) is 11.3 Å². The van der Waals surface area contributed by atoms with Crippen LogP contribution in [0.2, 0.25) is 0 Å². The highest BCUT2D eigenvalue weighted by atomic mass is 19.4. The van der Waals surface area contributed by atoms with Gasteiger partial charge in [-0.1, -0.05) is 18.2 Å². The molecule has 3 nitrogen and oxygen atoms in total. The molecule has 0 saturated carbocycles. The second kappa shape index (κ2) is 5.47. The van der Waals surface area contributed by atoms with Crippen molar-refractivity contribution in [1.82, 2.24) is 0 Å². The van der Waals surface area contributed by atoms with Crippen molar-refractivity contribution >= 4 is 17.3 Å². The van der Waals surface area contributed by atoms with E-state index in [0.29, 0.717) is 11.3 Å². The van der Waals surface area contributed by atoms with Crippen LogP contribution in [0.1, 0.15) is 21.5 Å². The lowest BCUT2D eigenvalue weighted by atomic mass is 10.1. The van der Waals surface area contributed by atoms with Crippen LogP contribution in [0, 0.1) is 6.92 Å². The molecule has 3 N–H and O–H groups in total. The molecule has 2 aromatic rings. The van der Waals surface area contributed by atoms with Crippen molar-refractivity contribution in [3.05, 3.63) is 59.2 Å². The summed E-state index contributed by atoms with van der Waals surface area (Å²) in [5, 5.41) is 2.29. The Hall–Kier alpha value is -2.50. The monoisotopic (exact) mass is 294 g/mol. The summed E-state index contributed by atoms with van der Waals surface area (Å²) in [6.07, 6.45) is -4.53. The van der Waals surface area contributed by atoms with Crippen LogP contribution in [0.5, 0.6) is 0 Å². The van der Waals surface area contributed by atoms with Crippen LogP contribution in [0.4, 0.5) is 24.5 Å². The fourth-order valence-corrected chi connectivity index (χ4v) is 1.93. The third kappa shape index (κ3) is 3.16. The average Bonchev–Trinajstić information content (AvgIpc) is 2.41. The van der Waals surface area contributed by atoms with E-state index in [1.54, 1.807) is 19.1 Å². The molecule has 21 heavy (non-hydrogen) atoms. The fourth-order valence-electron chi connectivity index (χ4n) is 1.93. The van der Waals surface area contributed by atoms with Gasteiger partial charge in [0.1, 0.15) is 0 Å². The first-order valence-electron chi connectivity index (χ1n) is 6.13. The predicted octanol–water partition coefficient (Wildman–Crippen LogP) is 3.85. The molecular weight excluding hydrogens is 281 g/mol. The summed E-state index contributed by atoms with van der Waals surface area (Å²) in [4.78, 5) is 12.1. The number of anilines is 2. The molecule has 0 aliphatic heterocycles. The number of rotatable bonds is 2. The minimum atomic E-state index is -4.53. The maximum Gasteiger partial charge on any atom is 0.418 e. The van der Waals surface area contributed by atoms with Gasteiger partial charge >= 0.3 is 6.18 Å². The number of nitrogens with one attached hydrogen (secondary N) is 1. The first-order valence-corrected chi connectivity index (χ1v) is 6.13. The normalized spacial score (nSPS) is 11.2. The Morgan fingerprint density at radius 1 is 1.10 bits per heavy atom. The van der Waals surface area contributed by atoms with Crippen molar-refractivity contribution in [2.75, 3.05) is 11.1 Å². The van der Waals surface area contributed by atoms with E-state index in [4.69, 9.17) is 5.73 Å². The molecule has 0 aliphatic rings. The van der Waals surface area contributed by atoms with Gasteiger partial charge in [-0.25, -0.2) is 0 Å². The molecule has 2 rings (SSSR count). The first kappa shape index (κ1) is 14.9. The van der Waals surface area contributed by atoms with Gasteiger partial charge in [-0.15, -0.1) is 0 Å². The molecule has 0 heterocycles. The van der Waals surface area contributed by atoms with E-state index in [-0.39, 0.29) is 11.3 Å². The molecular formula is C15H13F3N2O. The number of hydrogen-bond acceptors (Lipinski definition) is 2. The number of para-hydroxylation sites is 1. The molecule has 0 aromatic heterocycles. The molecule has 6 heteroatoms. The molecule has 0 fully saturated rings. The zero-order valence-electron chi connectivity index (χ0n) is 11.2. The van der Waals surface area contributed by atoms with Crippen molar-refractivity contribution in [3.63, 3.8) is 0 Å². The number of halogens is 3. The van der Waals surface area contributed by atoms with Gasteiger partial charge in [-0.05, 0) is 36.8 Å². The summed E-state index contributed by atoms with van der Waals surface area (Å²) < 4.78 is 38.6. The standard InChI is InChI=1S/C15H13F3N2O/c1-9-10(5-4-7-12(9)19)14(21)20-13-8-3-2-6-11(13)15(16,17)18/h2-8H,19H2,1H3,(H,20,21). The molecule has 0 bridgehead atoms. The van der Waals surface area contributed by atoms with Crippen LogP contribution >= 0.6 is 0 Å². The van der Waals surface area contributed by atoms with E-state index in [1.165, 1.54) is 24.3 Å². The van der Waals surface area contributed by atoms with E-state index in [2.05, 4.69) is 5.32 Å². The van der Waals surface area contributed by atoms with Crippen molar-refractivity contribution in [1.29, 1.82) is 0 Å². The molecule has 0 saturated heterocycles. The summed E-state index contributed by atoms with van der Waals surface area (Å²) in [5.74, 6) is -0.628. The highest BCUT2D eigenvalue weighted by Crippen LogP contribution is 2.34. The topological polar surface area (TPSA) is 55.1 Å². The molecule has 2 aromatic carbocycles. The van der Waals surface area contributed by atoms with Crippen LogP contribution in [0.25, 0.3) is 0 Å². The lowest BCUT2D eigenvalue weighted by Gasteiger charge is -2.14. The number of nitrogen functional groups attached to an aromatic ring is 1.